The second kappa shape index (κ2) is 12.0. The summed E-state index contributed by atoms with van der Waals surface area (Å²) >= 11 is 11.9. The van der Waals surface area contributed by atoms with E-state index in [2.05, 4.69) is 21.2 Å². The summed E-state index contributed by atoms with van der Waals surface area (Å²) in [6.07, 6.45) is 1.26. The fourth-order valence-electron chi connectivity index (χ4n) is 2.92. The normalized spacial score (nSPS) is 10.6. The minimum Gasteiger partial charge on any atom is -0.483 e. The maximum atomic E-state index is 12.4. The van der Waals surface area contributed by atoms with Gasteiger partial charge in [0.05, 0.1) is 6.21 Å². The van der Waals surface area contributed by atoms with Gasteiger partial charge in [-0.25, -0.2) is 5.43 Å². The Kier molecular flexibility index (Phi) is 8.83. The lowest BCUT2D eigenvalue weighted by Crippen LogP contribution is -2.32. The molecule has 180 valence electrons. The van der Waals surface area contributed by atoms with Gasteiger partial charge >= 0.3 is 11.8 Å². The quantitative estimate of drug-likeness (QED) is 0.241. The monoisotopic (exact) mass is 512 g/mol. The van der Waals surface area contributed by atoms with Crippen LogP contribution in [0.15, 0.2) is 65.8 Å². The van der Waals surface area contributed by atoms with Gasteiger partial charge in [-0.2, -0.15) is 5.10 Å². The lowest BCUT2D eigenvalue weighted by atomic mass is 10.1. The highest BCUT2D eigenvalue weighted by atomic mass is 35.5. The number of benzene rings is 3. The Morgan fingerprint density at radius 3 is 2.46 bits per heavy atom. The zero-order chi connectivity index (χ0) is 25.4. The Balaban J connectivity index is 1.59. The Hall–Kier alpha value is -3.88. The van der Waals surface area contributed by atoms with Crippen molar-refractivity contribution in [2.45, 2.75) is 13.8 Å². The number of carbonyl (C=O) groups excluding carboxylic acids is 3. The molecule has 0 saturated carbocycles. The average molecular weight is 513 g/mol. The summed E-state index contributed by atoms with van der Waals surface area (Å²) in [5, 5.41) is 9.82. The third-order valence-electron chi connectivity index (χ3n) is 4.66. The third-order valence-corrected chi connectivity index (χ3v) is 5.13. The van der Waals surface area contributed by atoms with Gasteiger partial charge in [-0.1, -0.05) is 41.4 Å². The number of hydrogen-bond donors (Lipinski definition) is 3. The van der Waals surface area contributed by atoms with E-state index in [1.807, 2.05) is 32.0 Å². The zero-order valence-corrected chi connectivity index (χ0v) is 20.4. The molecular formula is C25H22Cl2N4O4. The second-order valence-corrected chi connectivity index (χ2v) is 8.37. The predicted octanol–water partition coefficient (Wildman–Crippen LogP) is 4.72. The van der Waals surface area contributed by atoms with E-state index in [0.717, 1.165) is 11.1 Å². The standard InChI is InChI=1S/C25H22Cl2N4O4/c1-15-6-7-16(2)21(10-15)30-23(32)14-35-22-9-8-19(27)11-17(22)13-28-31-25(34)24(33)29-20-5-3-4-18(26)12-20/h3-13H,14H2,1-2H3,(H,29,33)(H,30,32)(H,31,34)/b28-13-. The van der Waals surface area contributed by atoms with Crippen molar-refractivity contribution < 1.29 is 19.1 Å². The molecule has 0 aliphatic carbocycles. The van der Waals surface area contributed by atoms with Crippen molar-refractivity contribution in [3.63, 3.8) is 0 Å². The van der Waals surface area contributed by atoms with Crippen molar-refractivity contribution >= 4 is 58.5 Å². The molecule has 35 heavy (non-hydrogen) atoms. The van der Waals surface area contributed by atoms with Crippen LogP contribution in [-0.2, 0) is 14.4 Å². The van der Waals surface area contributed by atoms with Crippen molar-refractivity contribution in [1.29, 1.82) is 0 Å². The summed E-state index contributed by atoms with van der Waals surface area (Å²) < 4.78 is 5.63. The van der Waals surface area contributed by atoms with Crippen LogP contribution < -0.4 is 20.8 Å². The molecule has 0 heterocycles. The van der Waals surface area contributed by atoms with Gasteiger partial charge in [0.15, 0.2) is 6.61 Å². The number of ether oxygens (including phenoxy) is 1. The van der Waals surface area contributed by atoms with Crippen LogP contribution in [0.5, 0.6) is 5.75 Å². The van der Waals surface area contributed by atoms with Gasteiger partial charge in [-0.15, -0.1) is 0 Å². The van der Waals surface area contributed by atoms with Crippen LogP contribution in [0.25, 0.3) is 0 Å². The lowest BCUT2D eigenvalue weighted by Gasteiger charge is -2.12. The van der Waals surface area contributed by atoms with Gasteiger partial charge in [0.1, 0.15) is 5.75 Å². The third kappa shape index (κ3) is 7.84. The number of halogens is 2. The Morgan fingerprint density at radius 1 is 0.914 bits per heavy atom. The first-order chi connectivity index (χ1) is 16.7. The molecule has 8 nitrogen and oxygen atoms in total. The fraction of sp³-hybridized carbons (Fsp3) is 0.120. The summed E-state index contributed by atoms with van der Waals surface area (Å²) in [6, 6.07) is 16.8. The Morgan fingerprint density at radius 2 is 1.69 bits per heavy atom. The Labute approximate surface area is 212 Å². The first-order valence-electron chi connectivity index (χ1n) is 10.4. The number of carbonyl (C=O) groups is 3. The number of rotatable bonds is 7. The van der Waals surface area contributed by atoms with Crippen molar-refractivity contribution in [2.75, 3.05) is 17.2 Å². The van der Waals surface area contributed by atoms with Crippen LogP contribution in [0, 0.1) is 13.8 Å². The topological polar surface area (TPSA) is 109 Å². The maximum absolute atomic E-state index is 12.4. The smallest absolute Gasteiger partial charge is 0.329 e. The maximum Gasteiger partial charge on any atom is 0.329 e. The molecule has 3 aromatic rings. The van der Waals surface area contributed by atoms with E-state index in [-0.39, 0.29) is 12.5 Å². The van der Waals surface area contributed by atoms with E-state index in [1.165, 1.54) is 12.3 Å². The number of hydrogen-bond acceptors (Lipinski definition) is 5. The first kappa shape index (κ1) is 25.7. The molecule has 0 aromatic heterocycles. The first-order valence-corrected chi connectivity index (χ1v) is 11.2. The van der Waals surface area contributed by atoms with Crippen LogP contribution in [-0.4, -0.2) is 30.5 Å². The number of hydrazone groups is 1. The molecule has 0 radical (unpaired) electrons. The molecule has 0 bridgehead atoms. The average Bonchev–Trinajstić information content (AvgIpc) is 2.81. The molecule has 0 aliphatic heterocycles. The molecule has 0 atom stereocenters. The highest BCUT2D eigenvalue weighted by Crippen LogP contribution is 2.22. The molecule has 0 fully saturated rings. The van der Waals surface area contributed by atoms with Crippen LogP contribution in [0.1, 0.15) is 16.7 Å². The van der Waals surface area contributed by atoms with Crippen molar-refractivity contribution in [3.05, 3.63) is 87.4 Å². The lowest BCUT2D eigenvalue weighted by molar-refractivity contribution is -0.136. The minimum atomic E-state index is -0.987. The molecule has 3 rings (SSSR count). The number of aryl methyl sites for hydroxylation is 2. The highest BCUT2D eigenvalue weighted by molar-refractivity contribution is 6.39. The number of anilines is 2. The van der Waals surface area contributed by atoms with Gasteiger partial charge < -0.3 is 15.4 Å². The number of amides is 3. The van der Waals surface area contributed by atoms with Gasteiger partial charge in [0, 0.05) is 27.0 Å². The predicted molar refractivity (Wildman–Crippen MR) is 137 cm³/mol. The second-order valence-electron chi connectivity index (χ2n) is 7.50. The van der Waals surface area contributed by atoms with E-state index >= 15 is 0 Å². The van der Waals surface area contributed by atoms with E-state index in [1.54, 1.807) is 36.4 Å². The molecule has 0 unspecified atom stereocenters. The zero-order valence-electron chi connectivity index (χ0n) is 18.9. The highest BCUT2D eigenvalue weighted by Gasteiger charge is 2.13. The molecule has 3 N–H and O–H groups in total. The van der Waals surface area contributed by atoms with Crippen molar-refractivity contribution in [2.24, 2.45) is 5.10 Å². The van der Waals surface area contributed by atoms with Crippen molar-refractivity contribution in [1.82, 2.24) is 5.43 Å². The van der Waals surface area contributed by atoms with Crippen LogP contribution in [0.4, 0.5) is 11.4 Å². The van der Waals surface area contributed by atoms with Gasteiger partial charge in [-0.3, -0.25) is 14.4 Å². The van der Waals surface area contributed by atoms with E-state index < -0.39 is 11.8 Å². The molecule has 3 amide bonds. The molecule has 10 heteroatoms. The van der Waals surface area contributed by atoms with Crippen LogP contribution >= 0.6 is 23.2 Å². The summed E-state index contributed by atoms with van der Waals surface area (Å²) in [5.41, 5.74) is 5.54. The van der Waals surface area contributed by atoms with Crippen LogP contribution in [0.3, 0.4) is 0 Å². The Bertz CT molecular complexity index is 1290. The molecule has 3 aromatic carbocycles. The summed E-state index contributed by atoms with van der Waals surface area (Å²) in [6.45, 7) is 3.57. The minimum absolute atomic E-state index is 0.260. The van der Waals surface area contributed by atoms with Gasteiger partial charge in [0.25, 0.3) is 5.91 Å². The summed E-state index contributed by atoms with van der Waals surface area (Å²) in [5.74, 6) is -1.94. The van der Waals surface area contributed by atoms with Gasteiger partial charge in [-0.05, 0) is 67.4 Å². The van der Waals surface area contributed by atoms with Crippen LogP contribution in [0.2, 0.25) is 10.0 Å². The summed E-state index contributed by atoms with van der Waals surface area (Å²) in [7, 11) is 0. The molecule has 0 spiro atoms. The molecule has 0 saturated heterocycles. The SMILES string of the molecule is Cc1ccc(C)c(NC(=O)COc2ccc(Cl)cc2/C=N\NC(=O)C(=O)Nc2cccc(Cl)c2)c1. The number of nitrogens with zero attached hydrogens (tertiary/aromatic N) is 1. The molecular weight excluding hydrogens is 491 g/mol. The fourth-order valence-corrected chi connectivity index (χ4v) is 3.29. The van der Waals surface area contributed by atoms with E-state index in [0.29, 0.717) is 32.7 Å². The molecule has 0 aliphatic rings. The summed E-state index contributed by atoms with van der Waals surface area (Å²) in [4.78, 5) is 36.4. The van der Waals surface area contributed by atoms with Gasteiger partial charge in [0.2, 0.25) is 0 Å². The largest absolute Gasteiger partial charge is 0.483 e. The van der Waals surface area contributed by atoms with E-state index in [9.17, 15) is 14.4 Å². The van der Waals surface area contributed by atoms with E-state index in [4.69, 9.17) is 27.9 Å². The number of nitrogens with one attached hydrogen (secondary N) is 3. The van der Waals surface area contributed by atoms with Crippen molar-refractivity contribution in [3.8, 4) is 5.75 Å².